The first-order valence-corrected chi connectivity index (χ1v) is 7.24. The molecule has 0 amide bonds. The Labute approximate surface area is 115 Å². The zero-order valence-corrected chi connectivity index (χ0v) is 11.7. The van der Waals surface area contributed by atoms with E-state index in [0.29, 0.717) is 16.3 Å². The maximum Gasteiger partial charge on any atom is 0.145 e. The third kappa shape index (κ3) is 3.07. The van der Waals surface area contributed by atoms with Crippen molar-refractivity contribution in [1.82, 2.24) is 4.98 Å². The van der Waals surface area contributed by atoms with Crippen molar-refractivity contribution < 1.29 is 4.21 Å². The van der Waals surface area contributed by atoms with Crippen LogP contribution in [0.5, 0.6) is 0 Å². The standard InChI is InChI=1S/C15H14N2OS/c1-11-8-12(2)17-15(14(11)9-16)19(18)10-13-6-4-3-5-7-13/h3-8H,10H2,1-2H3. The molecule has 0 bridgehead atoms. The van der Waals surface area contributed by atoms with Gasteiger partial charge in [0, 0.05) is 5.69 Å². The van der Waals surface area contributed by atoms with Crippen molar-refractivity contribution >= 4 is 10.8 Å². The molecule has 0 aliphatic carbocycles. The molecule has 2 rings (SSSR count). The maximum atomic E-state index is 12.4. The average molecular weight is 270 g/mol. The SMILES string of the molecule is Cc1cc(C)c(C#N)c(S(=O)Cc2ccccc2)n1. The number of nitriles is 1. The Hall–Kier alpha value is -1.99. The van der Waals surface area contributed by atoms with Crippen LogP contribution < -0.4 is 0 Å². The van der Waals surface area contributed by atoms with Crippen molar-refractivity contribution in [3.63, 3.8) is 0 Å². The highest BCUT2D eigenvalue weighted by Gasteiger charge is 2.15. The first-order chi connectivity index (χ1) is 9.11. The molecule has 2 aromatic rings. The van der Waals surface area contributed by atoms with E-state index in [4.69, 9.17) is 0 Å². The van der Waals surface area contributed by atoms with Gasteiger partial charge in [-0.3, -0.25) is 4.21 Å². The highest BCUT2D eigenvalue weighted by Crippen LogP contribution is 2.18. The zero-order valence-electron chi connectivity index (χ0n) is 10.9. The fourth-order valence-electron chi connectivity index (χ4n) is 1.90. The third-order valence-electron chi connectivity index (χ3n) is 2.78. The van der Waals surface area contributed by atoms with Gasteiger partial charge in [-0.05, 0) is 31.0 Å². The van der Waals surface area contributed by atoms with Crippen LogP contribution in [0.4, 0.5) is 0 Å². The van der Waals surface area contributed by atoms with Gasteiger partial charge in [0.1, 0.15) is 11.1 Å². The molecule has 0 N–H and O–H groups in total. The van der Waals surface area contributed by atoms with Crippen LogP contribution in [-0.4, -0.2) is 9.19 Å². The molecule has 0 spiro atoms. The summed E-state index contributed by atoms with van der Waals surface area (Å²) in [4.78, 5) is 4.28. The van der Waals surface area contributed by atoms with Crippen molar-refractivity contribution in [2.24, 2.45) is 0 Å². The van der Waals surface area contributed by atoms with Crippen molar-refractivity contribution in [2.75, 3.05) is 0 Å². The maximum absolute atomic E-state index is 12.4. The summed E-state index contributed by atoms with van der Waals surface area (Å²) in [6, 6.07) is 13.5. The molecule has 0 fully saturated rings. The van der Waals surface area contributed by atoms with Crippen LogP contribution in [0.2, 0.25) is 0 Å². The Morgan fingerprint density at radius 1 is 1.26 bits per heavy atom. The van der Waals surface area contributed by atoms with E-state index in [-0.39, 0.29) is 0 Å². The number of aromatic nitrogens is 1. The summed E-state index contributed by atoms with van der Waals surface area (Å²) in [7, 11) is -1.30. The number of hydrogen-bond donors (Lipinski definition) is 0. The summed E-state index contributed by atoms with van der Waals surface area (Å²) in [6.45, 7) is 3.69. The summed E-state index contributed by atoms with van der Waals surface area (Å²) < 4.78 is 12.4. The lowest BCUT2D eigenvalue weighted by atomic mass is 10.1. The molecule has 0 aliphatic rings. The lowest BCUT2D eigenvalue weighted by molar-refractivity contribution is 0.679. The molecule has 4 heteroatoms. The largest absolute Gasteiger partial charge is 0.252 e. The lowest BCUT2D eigenvalue weighted by Crippen LogP contribution is -2.05. The minimum Gasteiger partial charge on any atom is -0.252 e. The molecule has 0 saturated heterocycles. The van der Waals surface area contributed by atoms with Crippen LogP contribution in [0.3, 0.4) is 0 Å². The summed E-state index contributed by atoms with van der Waals surface area (Å²) in [5.74, 6) is 0.380. The molecule has 1 atom stereocenters. The highest BCUT2D eigenvalue weighted by atomic mass is 32.2. The first-order valence-electron chi connectivity index (χ1n) is 5.92. The van der Waals surface area contributed by atoms with Gasteiger partial charge in [-0.25, -0.2) is 4.98 Å². The molecule has 96 valence electrons. The van der Waals surface area contributed by atoms with E-state index in [0.717, 1.165) is 16.8 Å². The number of hydrogen-bond acceptors (Lipinski definition) is 3. The van der Waals surface area contributed by atoms with Crippen LogP contribution in [0.15, 0.2) is 41.4 Å². The summed E-state index contributed by atoms with van der Waals surface area (Å²) in [5, 5.41) is 9.57. The van der Waals surface area contributed by atoms with Gasteiger partial charge in [0.15, 0.2) is 0 Å². The molecular formula is C15H14N2OS. The molecule has 0 aliphatic heterocycles. The van der Waals surface area contributed by atoms with E-state index in [1.807, 2.05) is 50.2 Å². The molecule has 3 nitrogen and oxygen atoms in total. The van der Waals surface area contributed by atoms with Gasteiger partial charge < -0.3 is 0 Å². The highest BCUT2D eigenvalue weighted by molar-refractivity contribution is 7.84. The normalized spacial score (nSPS) is 11.8. The Balaban J connectivity index is 2.37. The number of aryl methyl sites for hydroxylation is 2. The Morgan fingerprint density at radius 3 is 2.58 bits per heavy atom. The molecule has 1 heterocycles. The van der Waals surface area contributed by atoms with E-state index in [1.165, 1.54) is 0 Å². The van der Waals surface area contributed by atoms with E-state index >= 15 is 0 Å². The number of pyridine rings is 1. The van der Waals surface area contributed by atoms with Gasteiger partial charge in [0.25, 0.3) is 0 Å². The van der Waals surface area contributed by atoms with Crippen LogP contribution in [0, 0.1) is 25.2 Å². The van der Waals surface area contributed by atoms with Gasteiger partial charge in [-0.2, -0.15) is 5.26 Å². The Kier molecular flexibility index (Phi) is 4.08. The Bertz CT molecular complexity index is 660. The molecule has 19 heavy (non-hydrogen) atoms. The lowest BCUT2D eigenvalue weighted by Gasteiger charge is -2.07. The Morgan fingerprint density at radius 2 is 1.95 bits per heavy atom. The van der Waals surface area contributed by atoms with Gasteiger partial charge in [0.05, 0.1) is 22.1 Å². The topological polar surface area (TPSA) is 53.8 Å². The fraction of sp³-hybridized carbons (Fsp3) is 0.200. The fourth-order valence-corrected chi connectivity index (χ4v) is 3.21. The van der Waals surface area contributed by atoms with Crippen molar-refractivity contribution in [3.8, 4) is 6.07 Å². The van der Waals surface area contributed by atoms with E-state index in [1.54, 1.807) is 0 Å². The van der Waals surface area contributed by atoms with Gasteiger partial charge in [-0.1, -0.05) is 30.3 Å². The predicted molar refractivity (Wildman–Crippen MR) is 75.0 cm³/mol. The van der Waals surface area contributed by atoms with Crippen molar-refractivity contribution in [2.45, 2.75) is 24.6 Å². The van der Waals surface area contributed by atoms with Crippen LogP contribution in [0.25, 0.3) is 0 Å². The quantitative estimate of drug-likeness (QED) is 0.861. The van der Waals surface area contributed by atoms with Gasteiger partial charge in [-0.15, -0.1) is 0 Å². The molecule has 1 aromatic heterocycles. The first kappa shape index (κ1) is 13.4. The van der Waals surface area contributed by atoms with Gasteiger partial charge >= 0.3 is 0 Å². The van der Waals surface area contributed by atoms with E-state index in [9.17, 15) is 9.47 Å². The third-order valence-corrected chi connectivity index (χ3v) is 4.10. The smallest absolute Gasteiger partial charge is 0.145 e. The molecule has 1 unspecified atom stereocenters. The molecular weight excluding hydrogens is 256 g/mol. The van der Waals surface area contributed by atoms with E-state index in [2.05, 4.69) is 11.1 Å². The second-order valence-electron chi connectivity index (χ2n) is 4.35. The summed E-state index contributed by atoms with van der Waals surface area (Å²) in [5.41, 5.74) is 3.02. The summed E-state index contributed by atoms with van der Waals surface area (Å²) in [6.07, 6.45) is 0. The number of rotatable bonds is 3. The van der Waals surface area contributed by atoms with Crippen molar-refractivity contribution in [1.29, 1.82) is 5.26 Å². The van der Waals surface area contributed by atoms with Crippen LogP contribution in [-0.2, 0) is 16.6 Å². The van der Waals surface area contributed by atoms with Crippen LogP contribution >= 0.6 is 0 Å². The molecule has 0 radical (unpaired) electrons. The number of nitrogens with zero attached hydrogens (tertiary/aromatic N) is 2. The predicted octanol–water partition coefficient (Wildman–Crippen LogP) is 2.88. The van der Waals surface area contributed by atoms with Gasteiger partial charge in [0.2, 0.25) is 0 Å². The van der Waals surface area contributed by atoms with Crippen LogP contribution in [0.1, 0.15) is 22.4 Å². The second-order valence-corrected chi connectivity index (χ2v) is 5.71. The van der Waals surface area contributed by atoms with E-state index < -0.39 is 10.8 Å². The van der Waals surface area contributed by atoms with Crippen molar-refractivity contribution in [3.05, 3.63) is 58.8 Å². The molecule has 1 aromatic carbocycles. The second kappa shape index (κ2) is 5.77. The monoisotopic (exact) mass is 270 g/mol. The minimum atomic E-state index is -1.30. The number of benzene rings is 1. The zero-order chi connectivity index (χ0) is 13.8. The minimum absolute atomic E-state index is 0.380. The average Bonchev–Trinajstić information content (AvgIpc) is 2.39. The molecule has 0 saturated carbocycles. The summed E-state index contributed by atoms with van der Waals surface area (Å²) >= 11 is 0.